The van der Waals surface area contributed by atoms with Gasteiger partial charge in [-0.3, -0.25) is 9.98 Å². The molecule has 1 heterocycles. The molecule has 2 N–H and O–H groups in total. The summed E-state index contributed by atoms with van der Waals surface area (Å²) in [7, 11) is 6.09. The maximum absolute atomic E-state index is 4.32. The van der Waals surface area contributed by atoms with Crippen molar-refractivity contribution in [3.05, 3.63) is 30.1 Å². The normalized spacial score (nSPS) is 11.7. The zero-order chi connectivity index (χ0) is 16.8. The van der Waals surface area contributed by atoms with Crippen molar-refractivity contribution in [3.8, 4) is 0 Å². The summed E-state index contributed by atoms with van der Waals surface area (Å²) in [5.41, 5.74) is 1.10. The van der Waals surface area contributed by atoms with Crippen LogP contribution in [0.25, 0.3) is 0 Å². The van der Waals surface area contributed by atoms with Gasteiger partial charge in [-0.2, -0.15) is 0 Å². The number of pyridine rings is 1. The Morgan fingerprint density at radius 3 is 2.48 bits per heavy atom. The summed E-state index contributed by atoms with van der Waals surface area (Å²) in [5, 5.41) is 6.71. The van der Waals surface area contributed by atoms with Crippen molar-refractivity contribution in [2.45, 2.75) is 38.5 Å². The molecule has 130 valence electrons. The Kier molecular flexibility index (Phi) is 10.9. The van der Waals surface area contributed by atoms with E-state index in [4.69, 9.17) is 0 Å². The minimum absolute atomic E-state index is 0.848. The second kappa shape index (κ2) is 12.9. The first-order valence-corrected chi connectivity index (χ1v) is 8.71. The van der Waals surface area contributed by atoms with Gasteiger partial charge < -0.3 is 15.5 Å². The number of hydrogen-bond acceptors (Lipinski definition) is 3. The largest absolute Gasteiger partial charge is 0.356 e. The quantitative estimate of drug-likeness (QED) is 0.373. The summed E-state index contributed by atoms with van der Waals surface area (Å²) in [6.45, 7) is 3.03. The first-order valence-electron chi connectivity index (χ1n) is 8.71. The predicted molar refractivity (Wildman–Crippen MR) is 98.9 cm³/mol. The number of aliphatic imine (C=N–C) groups is 1. The molecule has 0 aliphatic rings. The lowest BCUT2D eigenvalue weighted by Crippen LogP contribution is -2.38. The van der Waals surface area contributed by atoms with E-state index in [2.05, 4.69) is 39.6 Å². The van der Waals surface area contributed by atoms with Crippen LogP contribution in [0.15, 0.2) is 29.4 Å². The van der Waals surface area contributed by atoms with Gasteiger partial charge in [-0.25, -0.2) is 0 Å². The van der Waals surface area contributed by atoms with Gasteiger partial charge in [0.1, 0.15) is 0 Å². The molecule has 0 spiro atoms. The van der Waals surface area contributed by atoms with Crippen molar-refractivity contribution in [1.82, 2.24) is 20.5 Å². The monoisotopic (exact) mass is 319 g/mol. The maximum Gasteiger partial charge on any atom is 0.190 e. The van der Waals surface area contributed by atoms with Crippen LogP contribution in [-0.4, -0.2) is 56.6 Å². The van der Waals surface area contributed by atoms with Crippen molar-refractivity contribution in [1.29, 1.82) is 0 Å². The summed E-state index contributed by atoms with van der Waals surface area (Å²) < 4.78 is 0. The van der Waals surface area contributed by atoms with Gasteiger partial charge in [0.05, 0.1) is 0 Å². The third-order valence-corrected chi connectivity index (χ3v) is 3.70. The summed E-state index contributed by atoms with van der Waals surface area (Å²) in [4.78, 5) is 10.8. The Bertz CT molecular complexity index is 417. The minimum atomic E-state index is 0.848. The van der Waals surface area contributed by atoms with Gasteiger partial charge in [0, 0.05) is 38.4 Å². The maximum atomic E-state index is 4.32. The number of guanidine groups is 1. The molecule has 0 fully saturated rings. The highest BCUT2D eigenvalue weighted by molar-refractivity contribution is 5.79. The van der Waals surface area contributed by atoms with Crippen LogP contribution in [0, 0.1) is 0 Å². The topological polar surface area (TPSA) is 52.6 Å². The van der Waals surface area contributed by atoms with E-state index in [0.717, 1.165) is 31.2 Å². The Balaban J connectivity index is 1.99. The van der Waals surface area contributed by atoms with Crippen LogP contribution >= 0.6 is 0 Å². The Hall–Kier alpha value is -1.62. The first-order chi connectivity index (χ1) is 11.2. The van der Waals surface area contributed by atoms with Crippen LogP contribution in [0.1, 0.15) is 37.8 Å². The Morgan fingerprint density at radius 2 is 1.78 bits per heavy atom. The third-order valence-electron chi connectivity index (χ3n) is 3.70. The van der Waals surface area contributed by atoms with Crippen LogP contribution in [0.4, 0.5) is 0 Å². The van der Waals surface area contributed by atoms with Gasteiger partial charge in [0.25, 0.3) is 0 Å². The molecule has 0 bridgehead atoms. The van der Waals surface area contributed by atoms with Crippen molar-refractivity contribution in [2.75, 3.05) is 40.8 Å². The summed E-state index contributed by atoms with van der Waals surface area (Å²) >= 11 is 0. The van der Waals surface area contributed by atoms with Crippen molar-refractivity contribution in [2.24, 2.45) is 4.99 Å². The number of rotatable bonds is 11. The third kappa shape index (κ3) is 10.7. The molecule has 0 aliphatic heterocycles. The van der Waals surface area contributed by atoms with E-state index in [1.807, 2.05) is 31.4 Å². The van der Waals surface area contributed by atoms with Gasteiger partial charge in [-0.1, -0.05) is 25.3 Å². The van der Waals surface area contributed by atoms with Gasteiger partial charge >= 0.3 is 0 Å². The molecule has 0 amide bonds. The van der Waals surface area contributed by atoms with E-state index in [0.29, 0.717) is 0 Å². The summed E-state index contributed by atoms with van der Waals surface area (Å²) in [6, 6.07) is 6.01. The van der Waals surface area contributed by atoms with Crippen LogP contribution < -0.4 is 10.6 Å². The number of unbranched alkanes of at least 4 members (excludes halogenated alkanes) is 4. The molecule has 1 aromatic rings. The molecule has 1 aromatic heterocycles. The number of nitrogens with one attached hydrogen (secondary N) is 2. The van der Waals surface area contributed by atoms with Crippen molar-refractivity contribution in [3.63, 3.8) is 0 Å². The van der Waals surface area contributed by atoms with Gasteiger partial charge in [-0.15, -0.1) is 0 Å². The second-order valence-corrected chi connectivity index (χ2v) is 6.07. The molecule has 0 atom stereocenters. The smallest absolute Gasteiger partial charge is 0.190 e. The molecule has 0 aliphatic carbocycles. The molecular formula is C18H33N5. The fraction of sp³-hybridized carbons (Fsp3) is 0.667. The molecule has 0 saturated carbocycles. The van der Waals surface area contributed by atoms with E-state index >= 15 is 0 Å². The summed E-state index contributed by atoms with van der Waals surface area (Å²) in [6.07, 6.45) is 9.18. The number of hydrogen-bond donors (Lipinski definition) is 2. The van der Waals surface area contributed by atoms with E-state index < -0.39 is 0 Å². The molecule has 1 rings (SSSR count). The average molecular weight is 319 g/mol. The number of nitrogens with zero attached hydrogens (tertiary/aromatic N) is 3. The zero-order valence-electron chi connectivity index (χ0n) is 15.0. The van der Waals surface area contributed by atoms with Gasteiger partial charge in [0.2, 0.25) is 0 Å². The van der Waals surface area contributed by atoms with E-state index in [1.165, 1.54) is 38.6 Å². The molecule has 0 radical (unpaired) electrons. The lowest BCUT2D eigenvalue weighted by atomic mass is 10.1. The SMILES string of the molecule is CN=C(NCCCCCCCN(C)C)NCCc1ccccn1. The molecule has 0 unspecified atom stereocenters. The molecule has 0 saturated heterocycles. The first kappa shape index (κ1) is 19.4. The van der Waals surface area contributed by atoms with Crippen LogP contribution in [0.5, 0.6) is 0 Å². The average Bonchev–Trinajstić information content (AvgIpc) is 2.56. The molecule has 5 nitrogen and oxygen atoms in total. The number of aromatic nitrogens is 1. The fourth-order valence-electron chi connectivity index (χ4n) is 2.37. The standard InChI is InChI=1S/C18H33N5/c1-19-18(22-15-12-17-11-7-9-13-20-17)21-14-8-5-4-6-10-16-23(2)3/h7,9,11,13H,4-6,8,10,12,14-16H2,1-3H3,(H2,19,21,22). The van der Waals surface area contributed by atoms with Crippen molar-refractivity contribution >= 4 is 5.96 Å². The minimum Gasteiger partial charge on any atom is -0.356 e. The van der Waals surface area contributed by atoms with Crippen LogP contribution in [-0.2, 0) is 6.42 Å². The highest BCUT2D eigenvalue weighted by Crippen LogP contribution is 2.02. The van der Waals surface area contributed by atoms with E-state index in [9.17, 15) is 0 Å². The molecule has 0 aromatic carbocycles. The van der Waals surface area contributed by atoms with Crippen molar-refractivity contribution < 1.29 is 0 Å². The lowest BCUT2D eigenvalue weighted by molar-refractivity contribution is 0.389. The van der Waals surface area contributed by atoms with Gasteiger partial charge in [0.15, 0.2) is 5.96 Å². The summed E-state index contributed by atoms with van der Waals surface area (Å²) in [5.74, 6) is 0.883. The zero-order valence-corrected chi connectivity index (χ0v) is 15.0. The van der Waals surface area contributed by atoms with Crippen LogP contribution in [0.2, 0.25) is 0 Å². The highest BCUT2D eigenvalue weighted by atomic mass is 15.2. The van der Waals surface area contributed by atoms with E-state index in [1.54, 1.807) is 0 Å². The fourth-order valence-corrected chi connectivity index (χ4v) is 2.37. The Morgan fingerprint density at radius 1 is 1.04 bits per heavy atom. The van der Waals surface area contributed by atoms with Crippen LogP contribution in [0.3, 0.4) is 0 Å². The van der Waals surface area contributed by atoms with Gasteiger partial charge in [-0.05, 0) is 45.6 Å². The second-order valence-electron chi connectivity index (χ2n) is 6.07. The molecule has 5 heteroatoms. The molecular weight excluding hydrogens is 286 g/mol. The highest BCUT2D eigenvalue weighted by Gasteiger charge is 1.98. The van der Waals surface area contributed by atoms with E-state index in [-0.39, 0.29) is 0 Å². The molecule has 23 heavy (non-hydrogen) atoms. The predicted octanol–water partition coefficient (Wildman–Crippen LogP) is 2.30. The lowest BCUT2D eigenvalue weighted by Gasteiger charge is -2.12. The Labute approximate surface area is 141 Å².